The minimum absolute atomic E-state index is 0.0714. The zero-order chi connectivity index (χ0) is 18.4. The molecule has 1 saturated heterocycles. The van der Waals surface area contributed by atoms with Crippen molar-refractivity contribution < 1.29 is 28.6 Å². The van der Waals surface area contributed by atoms with E-state index in [-0.39, 0.29) is 30.2 Å². The number of carboxylic acids is 1. The maximum absolute atomic E-state index is 13.1. The maximum atomic E-state index is 13.1. The van der Waals surface area contributed by atoms with Gasteiger partial charge in [-0.2, -0.15) is 0 Å². The molecule has 0 aromatic heterocycles. The molecule has 0 bridgehead atoms. The fourth-order valence-corrected chi connectivity index (χ4v) is 2.67. The van der Waals surface area contributed by atoms with Crippen LogP contribution in [-0.4, -0.2) is 79.3 Å². The lowest BCUT2D eigenvalue weighted by Crippen LogP contribution is -2.50. The summed E-state index contributed by atoms with van der Waals surface area (Å²) in [7, 11) is 1.68. The zero-order valence-corrected chi connectivity index (χ0v) is 14.5. The molecular weight excluding hydrogens is 355 g/mol. The molecule has 0 radical (unpaired) electrons. The number of carboxylic acid groups (broad SMARTS) is 1. The van der Waals surface area contributed by atoms with E-state index in [1.807, 2.05) is 0 Å². The van der Waals surface area contributed by atoms with Crippen LogP contribution in [0.2, 0.25) is 5.02 Å². The molecule has 7 nitrogen and oxygen atoms in total. The van der Waals surface area contributed by atoms with Gasteiger partial charge in [0.05, 0.1) is 24.3 Å². The van der Waals surface area contributed by atoms with Gasteiger partial charge in [0.15, 0.2) is 6.61 Å². The van der Waals surface area contributed by atoms with Gasteiger partial charge in [0, 0.05) is 25.7 Å². The van der Waals surface area contributed by atoms with Crippen molar-refractivity contribution in [3.05, 3.63) is 29.0 Å². The number of carbonyl (C=O) groups is 2. The van der Waals surface area contributed by atoms with Gasteiger partial charge >= 0.3 is 5.97 Å². The van der Waals surface area contributed by atoms with Gasteiger partial charge in [0.1, 0.15) is 11.6 Å². The molecule has 2 rings (SSSR count). The molecule has 1 aliphatic rings. The lowest BCUT2D eigenvalue weighted by molar-refractivity contribution is -0.143. The van der Waals surface area contributed by atoms with E-state index in [0.29, 0.717) is 32.0 Å². The van der Waals surface area contributed by atoms with Crippen molar-refractivity contribution in [3.63, 3.8) is 0 Å². The minimum atomic E-state index is -0.919. The second-order valence-corrected chi connectivity index (χ2v) is 6.19. The fraction of sp³-hybridized carbons (Fsp3) is 0.500. The highest BCUT2D eigenvalue weighted by atomic mass is 35.5. The molecule has 1 fully saturated rings. The van der Waals surface area contributed by atoms with E-state index < -0.39 is 11.8 Å². The summed E-state index contributed by atoms with van der Waals surface area (Å²) in [5.74, 6) is -1.39. The van der Waals surface area contributed by atoms with Crippen LogP contribution in [0.4, 0.5) is 4.39 Å². The van der Waals surface area contributed by atoms with E-state index in [9.17, 15) is 14.0 Å². The van der Waals surface area contributed by atoms with Gasteiger partial charge in [-0.25, -0.2) is 4.39 Å². The molecule has 138 valence electrons. The number of nitrogens with zero attached hydrogens (tertiary/aromatic N) is 2. The van der Waals surface area contributed by atoms with Crippen LogP contribution in [0.25, 0.3) is 0 Å². The summed E-state index contributed by atoms with van der Waals surface area (Å²) >= 11 is 5.67. The molecule has 1 atom stereocenters. The average molecular weight is 375 g/mol. The van der Waals surface area contributed by atoms with Crippen molar-refractivity contribution in [3.8, 4) is 5.75 Å². The number of rotatable bonds is 7. The highest BCUT2D eigenvalue weighted by molar-refractivity contribution is 6.30. The molecule has 0 spiro atoms. The molecule has 1 aromatic carbocycles. The first-order valence-corrected chi connectivity index (χ1v) is 8.10. The Balaban J connectivity index is 1.82. The summed E-state index contributed by atoms with van der Waals surface area (Å²) in [6.07, 6.45) is -0.262. The van der Waals surface area contributed by atoms with Gasteiger partial charge in [-0.15, -0.1) is 0 Å². The third kappa shape index (κ3) is 6.15. The first-order valence-electron chi connectivity index (χ1n) is 7.72. The molecule has 25 heavy (non-hydrogen) atoms. The first kappa shape index (κ1) is 19.4. The second-order valence-electron chi connectivity index (χ2n) is 5.79. The van der Waals surface area contributed by atoms with Gasteiger partial charge in [0.25, 0.3) is 5.91 Å². The van der Waals surface area contributed by atoms with Crippen LogP contribution < -0.4 is 4.74 Å². The topological polar surface area (TPSA) is 79.3 Å². The monoisotopic (exact) mass is 374 g/mol. The normalized spacial score (nSPS) is 17.6. The van der Waals surface area contributed by atoms with Crippen LogP contribution >= 0.6 is 11.6 Å². The number of morpholine rings is 1. The predicted octanol–water partition coefficient (Wildman–Crippen LogP) is 1.10. The quantitative estimate of drug-likeness (QED) is 0.770. The van der Waals surface area contributed by atoms with Crippen LogP contribution in [-0.2, 0) is 14.3 Å². The number of benzene rings is 1. The molecule has 0 aliphatic carbocycles. The number of ether oxygens (including phenoxy) is 2. The molecular formula is C16H20ClFN2O5. The number of hydrogen-bond acceptors (Lipinski definition) is 5. The summed E-state index contributed by atoms with van der Waals surface area (Å²) in [4.78, 5) is 26.2. The largest absolute Gasteiger partial charge is 0.484 e. The lowest BCUT2D eigenvalue weighted by Gasteiger charge is -2.34. The lowest BCUT2D eigenvalue weighted by atomic mass is 10.2. The summed E-state index contributed by atoms with van der Waals surface area (Å²) in [5.41, 5.74) is 0. The maximum Gasteiger partial charge on any atom is 0.317 e. The van der Waals surface area contributed by atoms with Gasteiger partial charge in [0.2, 0.25) is 0 Å². The summed E-state index contributed by atoms with van der Waals surface area (Å²) in [5, 5.41) is 8.70. The third-order valence-corrected chi connectivity index (χ3v) is 3.95. The number of hydrogen-bond donors (Lipinski definition) is 1. The Morgan fingerprint density at radius 1 is 1.52 bits per heavy atom. The Hall–Kier alpha value is -1.90. The molecule has 0 saturated carbocycles. The fourth-order valence-electron chi connectivity index (χ4n) is 2.50. The number of carbonyl (C=O) groups excluding carboxylic acids is 1. The zero-order valence-electron chi connectivity index (χ0n) is 13.8. The number of aliphatic carboxylic acids is 1. The molecule has 1 aromatic rings. The molecule has 1 N–H and O–H groups in total. The van der Waals surface area contributed by atoms with Crippen LogP contribution in [0.1, 0.15) is 0 Å². The van der Waals surface area contributed by atoms with Crippen LogP contribution in [0, 0.1) is 5.82 Å². The van der Waals surface area contributed by atoms with Gasteiger partial charge in [-0.1, -0.05) is 11.6 Å². The minimum Gasteiger partial charge on any atom is -0.484 e. The Labute approximate surface area is 149 Å². The van der Waals surface area contributed by atoms with E-state index in [0.717, 1.165) is 0 Å². The van der Waals surface area contributed by atoms with Crippen molar-refractivity contribution >= 4 is 23.5 Å². The Morgan fingerprint density at radius 2 is 2.28 bits per heavy atom. The van der Waals surface area contributed by atoms with E-state index >= 15 is 0 Å². The van der Waals surface area contributed by atoms with E-state index in [1.54, 1.807) is 16.8 Å². The van der Waals surface area contributed by atoms with E-state index in [4.69, 9.17) is 26.2 Å². The van der Waals surface area contributed by atoms with Crippen molar-refractivity contribution in [2.45, 2.75) is 6.10 Å². The average Bonchev–Trinajstić information content (AvgIpc) is 2.55. The van der Waals surface area contributed by atoms with Gasteiger partial charge in [-0.3, -0.25) is 14.5 Å². The van der Waals surface area contributed by atoms with Crippen LogP contribution in [0.5, 0.6) is 5.75 Å². The standard InChI is InChI=1S/C16H20ClFN2O5/c1-19(9-16(22)23)7-12-8-20(4-5-24-12)15(21)10-25-11-2-3-14(18)13(17)6-11/h2-3,6,12H,4-5,7-10H2,1H3,(H,22,23). The van der Waals surface area contributed by atoms with Crippen molar-refractivity contribution in [1.82, 2.24) is 9.80 Å². The molecule has 1 heterocycles. The summed E-state index contributed by atoms with van der Waals surface area (Å²) in [6.45, 7) is 1.29. The summed E-state index contributed by atoms with van der Waals surface area (Å²) in [6, 6.07) is 3.88. The number of amides is 1. The number of halogens is 2. The third-order valence-electron chi connectivity index (χ3n) is 3.67. The van der Waals surface area contributed by atoms with Crippen LogP contribution in [0.15, 0.2) is 18.2 Å². The van der Waals surface area contributed by atoms with Gasteiger partial charge in [-0.05, 0) is 19.2 Å². The highest BCUT2D eigenvalue weighted by Crippen LogP contribution is 2.21. The predicted molar refractivity (Wildman–Crippen MR) is 88.4 cm³/mol. The van der Waals surface area contributed by atoms with E-state index in [1.165, 1.54) is 18.2 Å². The van der Waals surface area contributed by atoms with Crippen LogP contribution in [0.3, 0.4) is 0 Å². The molecule has 9 heteroatoms. The molecule has 1 unspecified atom stereocenters. The van der Waals surface area contributed by atoms with Crippen molar-refractivity contribution in [2.75, 3.05) is 46.4 Å². The Morgan fingerprint density at radius 3 is 2.96 bits per heavy atom. The Bertz CT molecular complexity index is 631. The summed E-state index contributed by atoms with van der Waals surface area (Å²) < 4.78 is 24.0. The SMILES string of the molecule is CN(CC(=O)O)CC1CN(C(=O)COc2ccc(F)c(Cl)c2)CCO1. The molecule has 1 amide bonds. The van der Waals surface area contributed by atoms with Crippen molar-refractivity contribution in [2.24, 2.45) is 0 Å². The first-order chi connectivity index (χ1) is 11.8. The van der Waals surface area contributed by atoms with E-state index in [2.05, 4.69) is 0 Å². The Kier molecular flexibility index (Phi) is 6.98. The highest BCUT2D eigenvalue weighted by Gasteiger charge is 2.25. The number of likely N-dealkylation sites (N-methyl/N-ethyl adjacent to an activating group) is 1. The second kappa shape index (κ2) is 8.98. The molecule has 1 aliphatic heterocycles. The van der Waals surface area contributed by atoms with Crippen molar-refractivity contribution in [1.29, 1.82) is 0 Å². The smallest absolute Gasteiger partial charge is 0.317 e. The van der Waals surface area contributed by atoms with Gasteiger partial charge < -0.3 is 19.5 Å².